The molecule has 118 valence electrons. The number of halogens is 1. The van der Waals surface area contributed by atoms with E-state index in [0.29, 0.717) is 16.7 Å². The van der Waals surface area contributed by atoms with E-state index in [2.05, 4.69) is 26.4 Å². The molecule has 0 saturated heterocycles. The monoisotopic (exact) mass is 352 g/mol. The van der Waals surface area contributed by atoms with Gasteiger partial charge in [-0.05, 0) is 24.3 Å². The number of hydrogen-bond donors (Lipinski definition) is 1. The number of para-hydroxylation sites is 1. The highest BCUT2D eigenvalue weighted by Crippen LogP contribution is 2.28. The van der Waals surface area contributed by atoms with Crippen LogP contribution in [0, 0.1) is 12.3 Å². The molecule has 0 radical (unpaired) electrons. The van der Waals surface area contributed by atoms with Crippen molar-refractivity contribution in [2.24, 2.45) is 0 Å². The first-order chi connectivity index (χ1) is 11.8. The van der Waals surface area contributed by atoms with Crippen LogP contribution in [0.4, 0.5) is 11.6 Å². The standard InChI is InChI=1S/C18H13ClN4S/c1-2-11-24-17-6-4-3-5-15(17)21-18-22-16(12-20-23-18)13-7-9-14(19)10-8-13/h1,3-10,12H,11H2,(H,21,22,23). The second-order valence-corrected chi connectivity index (χ2v) is 6.24. The molecule has 0 saturated carbocycles. The van der Waals surface area contributed by atoms with Gasteiger partial charge in [0.1, 0.15) is 0 Å². The van der Waals surface area contributed by atoms with Gasteiger partial charge in [-0.2, -0.15) is 5.10 Å². The molecule has 1 N–H and O–H groups in total. The summed E-state index contributed by atoms with van der Waals surface area (Å²) in [6.45, 7) is 0. The Balaban J connectivity index is 1.85. The van der Waals surface area contributed by atoms with Crippen molar-refractivity contribution in [1.82, 2.24) is 15.2 Å². The average Bonchev–Trinajstić information content (AvgIpc) is 2.62. The fraction of sp³-hybridized carbons (Fsp3) is 0.0556. The Morgan fingerprint density at radius 2 is 1.92 bits per heavy atom. The second-order valence-electron chi connectivity index (χ2n) is 4.79. The minimum absolute atomic E-state index is 0.427. The summed E-state index contributed by atoms with van der Waals surface area (Å²) in [6, 6.07) is 15.3. The van der Waals surface area contributed by atoms with Gasteiger partial charge in [-0.15, -0.1) is 23.3 Å². The van der Waals surface area contributed by atoms with E-state index >= 15 is 0 Å². The molecule has 3 aromatic rings. The molecule has 0 aliphatic rings. The first-order valence-electron chi connectivity index (χ1n) is 7.14. The predicted molar refractivity (Wildman–Crippen MR) is 99.6 cm³/mol. The minimum atomic E-state index is 0.427. The van der Waals surface area contributed by atoms with E-state index in [0.717, 1.165) is 21.8 Å². The van der Waals surface area contributed by atoms with Gasteiger partial charge in [-0.1, -0.05) is 41.8 Å². The van der Waals surface area contributed by atoms with Crippen molar-refractivity contribution >= 4 is 35.0 Å². The summed E-state index contributed by atoms with van der Waals surface area (Å²) in [5.41, 5.74) is 2.54. The zero-order chi connectivity index (χ0) is 16.8. The number of hydrogen-bond acceptors (Lipinski definition) is 5. The lowest BCUT2D eigenvalue weighted by atomic mass is 10.2. The van der Waals surface area contributed by atoms with Gasteiger partial charge >= 0.3 is 0 Å². The van der Waals surface area contributed by atoms with Crippen molar-refractivity contribution in [3.05, 3.63) is 59.8 Å². The van der Waals surface area contributed by atoms with Crippen LogP contribution >= 0.6 is 23.4 Å². The Hall–Kier alpha value is -2.55. The molecule has 6 heteroatoms. The van der Waals surface area contributed by atoms with Crippen molar-refractivity contribution in [3.63, 3.8) is 0 Å². The van der Waals surface area contributed by atoms with Crippen LogP contribution in [0.3, 0.4) is 0 Å². The predicted octanol–water partition coefficient (Wildman–Crippen LogP) is 4.66. The van der Waals surface area contributed by atoms with Crippen LogP contribution in [0.25, 0.3) is 11.3 Å². The third-order valence-corrected chi connectivity index (χ3v) is 4.37. The summed E-state index contributed by atoms with van der Waals surface area (Å²) in [7, 11) is 0. The maximum absolute atomic E-state index is 5.92. The molecule has 0 amide bonds. The number of benzene rings is 2. The van der Waals surface area contributed by atoms with Crippen LogP contribution in [0.5, 0.6) is 0 Å². The molecule has 4 nitrogen and oxygen atoms in total. The molecule has 24 heavy (non-hydrogen) atoms. The molecule has 0 spiro atoms. The summed E-state index contributed by atoms with van der Waals surface area (Å²) in [5.74, 6) is 3.65. The van der Waals surface area contributed by atoms with Gasteiger partial charge in [0.2, 0.25) is 5.95 Å². The third-order valence-electron chi connectivity index (χ3n) is 3.14. The smallest absolute Gasteiger partial charge is 0.247 e. The highest BCUT2D eigenvalue weighted by molar-refractivity contribution is 7.99. The summed E-state index contributed by atoms with van der Waals surface area (Å²) < 4.78 is 0. The summed E-state index contributed by atoms with van der Waals surface area (Å²) in [5, 5.41) is 12.0. The van der Waals surface area contributed by atoms with E-state index in [9.17, 15) is 0 Å². The molecule has 0 atom stereocenters. The summed E-state index contributed by atoms with van der Waals surface area (Å²) in [6.07, 6.45) is 6.96. The fourth-order valence-corrected chi connectivity index (χ4v) is 2.87. The van der Waals surface area contributed by atoms with Crippen LogP contribution in [0.1, 0.15) is 0 Å². The zero-order valence-electron chi connectivity index (χ0n) is 12.6. The van der Waals surface area contributed by atoms with E-state index in [-0.39, 0.29) is 0 Å². The van der Waals surface area contributed by atoms with Crippen molar-refractivity contribution in [2.75, 3.05) is 11.1 Å². The van der Waals surface area contributed by atoms with Crippen LogP contribution in [-0.4, -0.2) is 20.9 Å². The number of aromatic nitrogens is 3. The van der Waals surface area contributed by atoms with E-state index in [1.54, 1.807) is 18.0 Å². The first-order valence-corrected chi connectivity index (χ1v) is 8.50. The van der Waals surface area contributed by atoms with Gasteiger partial charge in [-0.25, -0.2) is 4.98 Å². The Morgan fingerprint density at radius 1 is 1.12 bits per heavy atom. The Labute approximate surface area is 149 Å². The van der Waals surface area contributed by atoms with Crippen molar-refractivity contribution in [2.45, 2.75) is 4.90 Å². The van der Waals surface area contributed by atoms with Gasteiger partial charge in [-0.3, -0.25) is 0 Å². The third kappa shape index (κ3) is 4.05. The Morgan fingerprint density at radius 3 is 2.71 bits per heavy atom. The zero-order valence-corrected chi connectivity index (χ0v) is 14.2. The Kier molecular flexibility index (Phi) is 5.32. The maximum atomic E-state index is 5.92. The average molecular weight is 353 g/mol. The molecule has 0 fully saturated rings. The largest absolute Gasteiger partial charge is 0.322 e. The van der Waals surface area contributed by atoms with E-state index in [1.807, 2.05) is 48.5 Å². The molecule has 3 rings (SSSR count). The maximum Gasteiger partial charge on any atom is 0.247 e. The number of rotatable bonds is 5. The van der Waals surface area contributed by atoms with Gasteiger partial charge < -0.3 is 5.32 Å². The van der Waals surface area contributed by atoms with E-state index < -0.39 is 0 Å². The first kappa shape index (κ1) is 16.3. The molecular weight excluding hydrogens is 340 g/mol. The van der Waals surface area contributed by atoms with E-state index in [1.165, 1.54) is 0 Å². The van der Waals surface area contributed by atoms with Gasteiger partial charge in [0.05, 0.1) is 23.3 Å². The lowest BCUT2D eigenvalue weighted by Crippen LogP contribution is -2.01. The molecule has 0 aliphatic carbocycles. The quantitative estimate of drug-likeness (QED) is 0.534. The molecule has 0 aliphatic heterocycles. The second kappa shape index (κ2) is 7.82. The molecule has 0 bridgehead atoms. The summed E-state index contributed by atoms with van der Waals surface area (Å²) >= 11 is 7.50. The fourth-order valence-electron chi connectivity index (χ4n) is 2.05. The molecule has 1 aromatic heterocycles. The number of nitrogens with zero attached hydrogens (tertiary/aromatic N) is 3. The molecular formula is C18H13ClN4S. The highest BCUT2D eigenvalue weighted by Gasteiger charge is 2.07. The van der Waals surface area contributed by atoms with Crippen molar-refractivity contribution in [3.8, 4) is 23.6 Å². The summed E-state index contributed by atoms with van der Waals surface area (Å²) in [4.78, 5) is 5.55. The van der Waals surface area contributed by atoms with Crippen LogP contribution in [0.2, 0.25) is 5.02 Å². The minimum Gasteiger partial charge on any atom is -0.322 e. The molecule has 1 heterocycles. The number of anilines is 2. The van der Waals surface area contributed by atoms with Crippen molar-refractivity contribution < 1.29 is 0 Å². The van der Waals surface area contributed by atoms with Crippen LogP contribution in [0.15, 0.2) is 59.6 Å². The lowest BCUT2D eigenvalue weighted by Gasteiger charge is -2.10. The van der Waals surface area contributed by atoms with Crippen LogP contribution < -0.4 is 5.32 Å². The number of thioether (sulfide) groups is 1. The Bertz CT molecular complexity index is 875. The topological polar surface area (TPSA) is 50.7 Å². The molecule has 2 aromatic carbocycles. The van der Waals surface area contributed by atoms with Crippen molar-refractivity contribution in [1.29, 1.82) is 0 Å². The lowest BCUT2D eigenvalue weighted by molar-refractivity contribution is 0.981. The highest BCUT2D eigenvalue weighted by atomic mass is 35.5. The van der Waals surface area contributed by atoms with Crippen LogP contribution in [-0.2, 0) is 0 Å². The molecule has 0 unspecified atom stereocenters. The van der Waals surface area contributed by atoms with Gasteiger partial charge in [0, 0.05) is 15.5 Å². The van der Waals surface area contributed by atoms with Gasteiger partial charge in [0.25, 0.3) is 0 Å². The SMILES string of the molecule is C#CCSc1ccccc1Nc1nncc(-c2ccc(Cl)cc2)n1. The number of nitrogens with one attached hydrogen (secondary N) is 1. The number of terminal acetylenes is 1. The normalized spacial score (nSPS) is 10.2. The van der Waals surface area contributed by atoms with E-state index in [4.69, 9.17) is 18.0 Å². The van der Waals surface area contributed by atoms with Gasteiger partial charge in [0.15, 0.2) is 0 Å².